The number of unbranched alkanes of at least 4 members (excludes halogenated alkanes) is 1. The van der Waals surface area contributed by atoms with Gasteiger partial charge in [-0.25, -0.2) is 0 Å². The minimum atomic E-state index is 0.697. The van der Waals surface area contributed by atoms with E-state index in [2.05, 4.69) is 24.1 Å². The molecule has 3 heteroatoms. The van der Waals surface area contributed by atoms with Gasteiger partial charge in [-0.3, -0.25) is 4.90 Å². The predicted octanol–water partition coefficient (Wildman–Crippen LogP) is 2.51. The molecule has 2 rings (SSSR count). The third kappa shape index (κ3) is 4.44. The zero-order chi connectivity index (χ0) is 13.7. The maximum Gasteiger partial charge on any atom is 0.0462 e. The Hall–Kier alpha value is -0.120. The van der Waals surface area contributed by atoms with Crippen molar-refractivity contribution in [1.29, 1.82) is 0 Å². The van der Waals surface area contributed by atoms with Crippen molar-refractivity contribution in [2.24, 2.45) is 11.8 Å². The van der Waals surface area contributed by atoms with Gasteiger partial charge < -0.3 is 10.1 Å². The van der Waals surface area contributed by atoms with Gasteiger partial charge in [0.1, 0.15) is 0 Å². The number of nitrogens with zero attached hydrogens (tertiary/aromatic N) is 1. The summed E-state index contributed by atoms with van der Waals surface area (Å²) in [6.45, 7) is 9.34. The Morgan fingerprint density at radius 1 is 1.32 bits per heavy atom. The molecule has 0 radical (unpaired) electrons. The summed E-state index contributed by atoms with van der Waals surface area (Å²) >= 11 is 0. The molecule has 1 heterocycles. The Kier molecular flexibility index (Phi) is 6.11. The third-order valence-electron chi connectivity index (χ3n) is 5.03. The summed E-state index contributed by atoms with van der Waals surface area (Å²) in [6.07, 6.45) is 6.67. The van der Waals surface area contributed by atoms with Gasteiger partial charge in [0.25, 0.3) is 0 Å². The van der Waals surface area contributed by atoms with Gasteiger partial charge >= 0.3 is 0 Å². The number of nitrogens with one attached hydrogen (secondary N) is 1. The molecular weight excluding hydrogens is 236 g/mol. The van der Waals surface area contributed by atoms with Crippen molar-refractivity contribution >= 4 is 0 Å². The summed E-state index contributed by atoms with van der Waals surface area (Å²) in [5.41, 5.74) is 0. The molecule has 0 spiro atoms. The van der Waals surface area contributed by atoms with Crippen molar-refractivity contribution in [3.63, 3.8) is 0 Å². The van der Waals surface area contributed by atoms with Gasteiger partial charge in [0.15, 0.2) is 0 Å². The van der Waals surface area contributed by atoms with E-state index in [-0.39, 0.29) is 0 Å². The van der Waals surface area contributed by atoms with E-state index in [1.807, 2.05) is 0 Å². The average Bonchev–Trinajstić information content (AvgIpc) is 3.27. The van der Waals surface area contributed by atoms with Crippen LogP contribution in [-0.4, -0.2) is 50.3 Å². The first-order chi connectivity index (χ1) is 9.26. The van der Waals surface area contributed by atoms with E-state index in [1.165, 1.54) is 51.7 Å². The molecule has 19 heavy (non-hydrogen) atoms. The lowest BCUT2D eigenvalue weighted by molar-refractivity contribution is 0.0907. The predicted molar refractivity (Wildman–Crippen MR) is 80.4 cm³/mol. The van der Waals surface area contributed by atoms with Crippen LogP contribution in [0.2, 0.25) is 0 Å². The van der Waals surface area contributed by atoms with Gasteiger partial charge in [0, 0.05) is 38.9 Å². The Bertz CT molecular complexity index is 255. The van der Waals surface area contributed by atoms with Crippen LogP contribution in [-0.2, 0) is 4.74 Å². The van der Waals surface area contributed by atoms with Gasteiger partial charge in [-0.05, 0) is 44.1 Å². The van der Waals surface area contributed by atoms with Gasteiger partial charge in [-0.15, -0.1) is 0 Å². The Balaban J connectivity index is 1.81. The fourth-order valence-electron chi connectivity index (χ4n) is 3.28. The van der Waals surface area contributed by atoms with Gasteiger partial charge in [-0.1, -0.05) is 20.3 Å². The molecule has 1 saturated heterocycles. The normalized spacial score (nSPS) is 30.5. The quantitative estimate of drug-likeness (QED) is 0.685. The minimum absolute atomic E-state index is 0.697. The molecule has 0 bridgehead atoms. The Labute approximate surface area is 119 Å². The van der Waals surface area contributed by atoms with Crippen LogP contribution in [0.1, 0.15) is 46.0 Å². The van der Waals surface area contributed by atoms with E-state index in [9.17, 15) is 0 Å². The molecule has 3 unspecified atom stereocenters. The number of ether oxygens (including phenoxy) is 1. The molecule has 0 aromatic carbocycles. The van der Waals surface area contributed by atoms with Gasteiger partial charge in [0.05, 0.1) is 0 Å². The van der Waals surface area contributed by atoms with Crippen molar-refractivity contribution in [2.45, 2.75) is 58.0 Å². The highest BCUT2D eigenvalue weighted by Crippen LogP contribution is 2.36. The molecule has 2 aliphatic rings. The van der Waals surface area contributed by atoms with Crippen molar-refractivity contribution in [3.8, 4) is 0 Å². The summed E-state index contributed by atoms with van der Waals surface area (Å²) in [7, 11) is 1.80. The number of piperazine rings is 1. The van der Waals surface area contributed by atoms with Crippen LogP contribution < -0.4 is 5.32 Å². The highest BCUT2D eigenvalue weighted by atomic mass is 16.5. The van der Waals surface area contributed by atoms with Crippen LogP contribution in [0.4, 0.5) is 0 Å². The maximum absolute atomic E-state index is 5.16. The highest BCUT2D eigenvalue weighted by molar-refractivity contribution is 4.95. The Morgan fingerprint density at radius 2 is 2.11 bits per heavy atom. The molecule has 2 fully saturated rings. The molecule has 3 atom stereocenters. The second-order valence-electron chi connectivity index (χ2n) is 6.50. The first kappa shape index (κ1) is 15.3. The lowest BCUT2D eigenvalue weighted by atomic mass is 9.94. The Morgan fingerprint density at radius 3 is 2.74 bits per heavy atom. The standard InChI is InChI=1S/C16H32N2O/c1-4-13(2)15-12-18(9-5-6-10-19-3)16(11-17-15)14-7-8-14/h13-17H,4-12H2,1-3H3. The second-order valence-corrected chi connectivity index (χ2v) is 6.50. The molecule has 0 aromatic rings. The highest BCUT2D eigenvalue weighted by Gasteiger charge is 2.39. The van der Waals surface area contributed by atoms with Crippen LogP contribution in [0.3, 0.4) is 0 Å². The van der Waals surface area contributed by atoms with Crippen LogP contribution >= 0.6 is 0 Å². The van der Waals surface area contributed by atoms with E-state index in [4.69, 9.17) is 4.74 Å². The van der Waals surface area contributed by atoms with Crippen LogP contribution in [0.25, 0.3) is 0 Å². The molecule has 1 N–H and O–H groups in total. The first-order valence-corrected chi connectivity index (χ1v) is 8.22. The van der Waals surface area contributed by atoms with Crippen molar-refractivity contribution in [3.05, 3.63) is 0 Å². The molecule has 0 aromatic heterocycles. The van der Waals surface area contributed by atoms with E-state index < -0.39 is 0 Å². The molecule has 0 amide bonds. The number of hydrogen-bond donors (Lipinski definition) is 1. The second kappa shape index (κ2) is 7.61. The lowest BCUT2D eigenvalue weighted by Gasteiger charge is -2.42. The van der Waals surface area contributed by atoms with E-state index >= 15 is 0 Å². The van der Waals surface area contributed by atoms with E-state index in [0.29, 0.717) is 6.04 Å². The van der Waals surface area contributed by atoms with Crippen LogP contribution in [0, 0.1) is 11.8 Å². The summed E-state index contributed by atoms with van der Waals surface area (Å²) in [5.74, 6) is 1.77. The number of hydrogen-bond acceptors (Lipinski definition) is 3. The van der Waals surface area contributed by atoms with Crippen molar-refractivity contribution in [2.75, 3.05) is 33.4 Å². The monoisotopic (exact) mass is 268 g/mol. The summed E-state index contributed by atoms with van der Waals surface area (Å²) in [5, 5.41) is 3.81. The zero-order valence-electron chi connectivity index (χ0n) is 13.0. The smallest absolute Gasteiger partial charge is 0.0462 e. The summed E-state index contributed by atoms with van der Waals surface area (Å²) in [4.78, 5) is 2.78. The number of rotatable bonds is 8. The maximum atomic E-state index is 5.16. The van der Waals surface area contributed by atoms with Crippen molar-refractivity contribution in [1.82, 2.24) is 10.2 Å². The summed E-state index contributed by atoms with van der Waals surface area (Å²) in [6, 6.07) is 1.50. The first-order valence-electron chi connectivity index (χ1n) is 8.22. The fourth-order valence-corrected chi connectivity index (χ4v) is 3.28. The minimum Gasteiger partial charge on any atom is -0.385 e. The summed E-state index contributed by atoms with van der Waals surface area (Å²) < 4.78 is 5.16. The largest absolute Gasteiger partial charge is 0.385 e. The average molecular weight is 268 g/mol. The van der Waals surface area contributed by atoms with Crippen LogP contribution in [0.5, 0.6) is 0 Å². The molecule has 1 saturated carbocycles. The lowest BCUT2D eigenvalue weighted by Crippen LogP contribution is -2.59. The molecule has 1 aliphatic carbocycles. The third-order valence-corrected chi connectivity index (χ3v) is 5.03. The molecule has 3 nitrogen and oxygen atoms in total. The van der Waals surface area contributed by atoms with E-state index in [0.717, 1.165) is 24.5 Å². The fraction of sp³-hybridized carbons (Fsp3) is 1.00. The zero-order valence-corrected chi connectivity index (χ0v) is 13.0. The SMILES string of the molecule is CCC(C)C1CN(CCCCOC)C(C2CC2)CN1. The molecular formula is C16H32N2O. The van der Waals surface area contributed by atoms with Gasteiger partial charge in [0.2, 0.25) is 0 Å². The van der Waals surface area contributed by atoms with Gasteiger partial charge in [-0.2, -0.15) is 0 Å². The van der Waals surface area contributed by atoms with Crippen molar-refractivity contribution < 1.29 is 4.74 Å². The van der Waals surface area contributed by atoms with E-state index in [1.54, 1.807) is 7.11 Å². The molecule has 1 aliphatic heterocycles. The topological polar surface area (TPSA) is 24.5 Å². The molecule has 112 valence electrons. The van der Waals surface area contributed by atoms with Crippen LogP contribution in [0.15, 0.2) is 0 Å². The number of methoxy groups -OCH3 is 1.